The lowest BCUT2D eigenvalue weighted by atomic mass is 9.94. The van der Waals surface area contributed by atoms with Crippen molar-refractivity contribution in [1.29, 1.82) is 0 Å². The minimum absolute atomic E-state index is 0.146. The number of carbonyl (C=O) groups excluding carboxylic acids is 1. The zero-order valence-electron chi connectivity index (χ0n) is 21.7. The van der Waals surface area contributed by atoms with E-state index in [0.29, 0.717) is 12.6 Å². The number of hydrogen-bond acceptors (Lipinski definition) is 5. The summed E-state index contributed by atoms with van der Waals surface area (Å²) < 4.78 is 6.32. The van der Waals surface area contributed by atoms with Crippen LogP contribution < -0.4 is 9.64 Å². The molecule has 5 rings (SSSR count). The van der Waals surface area contributed by atoms with E-state index >= 15 is 0 Å². The Kier molecular flexibility index (Phi) is 7.61. The molecule has 2 atom stereocenters. The molecule has 1 aromatic heterocycles. The molecule has 6 heteroatoms. The average Bonchev–Trinajstić information content (AvgIpc) is 3.38. The molecule has 2 saturated heterocycles. The highest BCUT2D eigenvalue weighted by Crippen LogP contribution is 2.36. The van der Waals surface area contributed by atoms with Crippen molar-refractivity contribution < 1.29 is 9.53 Å². The zero-order valence-corrected chi connectivity index (χ0v) is 22.5. The number of carbonyl (C=O) groups is 1. The number of para-hydroxylation sites is 1. The molecule has 0 spiro atoms. The molecule has 3 aromatic rings. The first-order valence-corrected chi connectivity index (χ1v) is 14.2. The molecule has 36 heavy (non-hydrogen) atoms. The summed E-state index contributed by atoms with van der Waals surface area (Å²) in [7, 11) is 0. The number of piperidine rings is 2. The molecule has 0 radical (unpaired) electrons. The number of rotatable bonds is 6. The fourth-order valence-electron chi connectivity index (χ4n) is 5.44. The number of nitrogens with zero attached hydrogens (tertiary/aromatic N) is 3. The largest absolute Gasteiger partial charge is 0.488 e. The van der Waals surface area contributed by atoms with Crippen LogP contribution in [-0.4, -0.2) is 41.5 Å². The van der Waals surface area contributed by atoms with Crippen LogP contribution in [0.15, 0.2) is 47.8 Å². The summed E-state index contributed by atoms with van der Waals surface area (Å²) in [4.78, 5) is 22.3. The van der Waals surface area contributed by atoms with E-state index in [-0.39, 0.29) is 5.91 Å². The second kappa shape index (κ2) is 11.0. The number of benzene rings is 2. The van der Waals surface area contributed by atoms with Crippen LogP contribution in [0.3, 0.4) is 0 Å². The van der Waals surface area contributed by atoms with Gasteiger partial charge in [-0.05, 0) is 87.3 Å². The van der Waals surface area contributed by atoms with Gasteiger partial charge in [0.2, 0.25) is 0 Å². The third-order valence-electron chi connectivity index (χ3n) is 7.66. The number of aryl methyl sites for hydroxylation is 1. The summed E-state index contributed by atoms with van der Waals surface area (Å²) in [6.07, 6.45) is 5.87. The topological polar surface area (TPSA) is 45.7 Å². The maximum Gasteiger partial charge on any atom is 0.253 e. The number of likely N-dealkylation sites (tertiary alicyclic amines) is 1. The lowest BCUT2D eigenvalue weighted by Gasteiger charge is -2.36. The van der Waals surface area contributed by atoms with Crippen molar-refractivity contribution in [3.05, 3.63) is 64.5 Å². The highest BCUT2D eigenvalue weighted by Gasteiger charge is 2.25. The van der Waals surface area contributed by atoms with Gasteiger partial charge in [-0.15, -0.1) is 11.3 Å². The smallest absolute Gasteiger partial charge is 0.253 e. The molecule has 5 nitrogen and oxygen atoms in total. The average molecular weight is 504 g/mol. The van der Waals surface area contributed by atoms with Crippen LogP contribution in [0.4, 0.5) is 5.13 Å². The van der Waals surface area contributed by atoms with Gasteiger partial charge in [0.15, 0.2) is 5.13 Å². The maximum absolute atomic E-state index is 12.9. The van der Waals surface area contributed by atoms with Crippen molar-refractivity contribution in [1.82, 2.24) is 9.88 Å². The summed E-state index contributed by atoms with van der Waals surface area (Å²) in [5.41, 5.74) is 4.94. The predicted molar refractivity (Wildman–Crippen MR) is 148 cm³/mol. The molecule has 0 N–H and O–H groups in total. The van der Waals surface area contributed by atoms with Gasteiger partial charge in [-0.25, -0.2) is 4.98 Å². The Hall–Kier alpha value is -2.86. The monoisotopic (exact) mass is 503 g/mol. The molecule has 0 bridgehead atoms. The number of thiazole rings is 1. The Labute approximate surface area is 219 Å². The van der Waals surface area contributed by atoms with Crippen molar-refractivity contribution in [3.63, 3.8) is 0 Å². The number of amides is 1. The fraction of sp³-hybridized carbons (Fsp3) is 0.467. The zero-order chi connectivity index (χ0) is 25.1. The van der Waals surface area contributed by atoms with E-state index in [1.807, 2.05) is 41.3 Å². The van der Waals surface area contributed by atoms with Gasteiger partial charge in [0.25, 0.3) is 5.91 Å². The van der Waals surface area contributed by atoms with E-state index < -0.39 is 0 Å². The van der Waals surface area contributed by atoms with Crippen LogP contribution in [0.25, 0.3) is 11.3 Å². The lowest BCUT2D eigenvalue weighted by molar-refractivity contribution is 0.0724. The minimum atomic E-state index is 0.146. The van der Waals surface area contributed by atoms with Gasteiger partial charge in [-0.3, -0.25) is 4.79 Å². The van der Waals surface area contributed by atoms with Crippen LogP contribution in [0.2, 0.25) is 0 Å². The van der Waals surface area contributed by atoms with E-state index in [4.69, 9.17) is 9.72 Å². The van der Waals surface area contributed by atoms with E-state index in [0.717, 1.165) is 77.2 Å². The Morgan fingerprint density at radius 3 is 2.67 bits per heavy atom. The minimum Gasteiger partial charge on any atom is -0.488 e. The van der Waals surface area contributed by atoms with E-state index in [1.165, 1.54) is 19.3 Å². The molecule has 2 aliphatic rings. The van der Waals surface area contributed by atoms with Crippen molar-refractivity contribution in [2.45, 2.75) is 65.5 Å². The Balaban J connectivity index is 1.28. The van der Waals surface area contributed by atoms with Gasteiger partial charge in [0.05, 0.1) is 5.69 Å². The highest BCUT2D eigenvalue weighted by molar-refractivity contribution is 7.14. The SMILES string of the molecule is Cc1cc(C(=O)N2CCCCC2)ccc1COc1ccccc1-c1csc(N2CCC(C)CC2C)n1. The molecule has 0 saturated carbocycles. The summed E-state index contributed by atoms with van der Waals surface area (Å²) >= 11 is 1.72. The van der Waals surface area contributed by atoms with E-state index in [9.17, 15) is 4.79 Å². The fourth-order valence-corrected chi connectivity index (χ4v) is 6.40. The Morgan fingerprint density at radius 2 is 1.89 bits per heavy atom. The third-order valence-corrected chi connectivity index (χ3v) is 8.53. The molecule has 2 unspecified atom stereocenters. The number of anilines is 1. The second-order valence-electron chi connectivity index (χ2n) is 10.5. The van der Waals surface area contributed by atoms with Gasteiger partial charge < -0.3 is 14.5 Å². The van der Waals surface area contributed by atoms with Crippen LogP contribution in [-0.2, 0) is 6.61 Å². The van der Waals surface area contributed by atoms with Crippen LogP contribution in [0.1, 0.15) is 67.4 Å². The first kappa shape index (κ1) is 24.8. The van der Waals surface area contributed by atoms with Crippen LogP contribution >= 0.6 is 11.3 Å². The van der Waals surface area contributed by atoms with Gasteiger partial charge in [-0.1, -0.05) is 25.1 Å². The molecule has 2 aliphatic heterocycles. The van der Waals surface area contributed by atoms with Gasteiger partial charge in [0.1, 0.15) is 12.4 Å². The normalized spacial score (nSPS) is 20.4. The molecule has 190 valence electrons. The van der Waals surface area contributed by atoms with Gasteiger partial charge >= 0.3 is 0 Å². The van der Waals surface area contributed by atoms with Crippen molar-refractivity contribution in [2.24, 2.45) is 5.92 Å². The molecular weight excluding hydrogens is 466 g/mol. The molecule has 3 heterocycles. The quantitative estimate of drug-likeness (QED) is 0.365. The predicted octanol–water partition coefficient (Wildman–Crippen LogP) is 6.95. The maximum atomic E-state index is 12.9. The highest BCUT2D eigenvalue weighted by atomic mass is 32.1. The second-order valence-corrected chi connectivity index (χ2v) is 11.3. The number of ether oxygens (including phenoxy) is 1. The summed E-state index contributed by atoms with van der Waals surface area (Å²) in [5.74, 6) is 1.76. The number of hydrogen-bond donors (Lipinski definition) is 0. The van der Waals surface area contributed by atoms with Gasteiger partial charge in [-0.2, -0.15) is 0 Å². The van der Waals surface area contributed by atoms with Crippen LogP contribution in [0, 0.1) is 12.8 Å². The molecule has 2 aromatic carbocycles. The molecule has 2 fully saturated rings. The summed E-state index contributed by atoms with van der Waals surface area (Å²) in [5, 5.41) is 3.25. The Morgan fingerprint density at radius 1 is 1.08 bits per heavy atom. The summed E-state index contributed by atoms with van der Waals surface area (Å²) in [6, 6.07) is 14.7. The van der Waals surface area contributed by atoms with E-state index in [2.05, 4.69) is 37.1 Å². The first-order chi connectivity index (χ1) is 17.5. The lowest BCUT2D eigenvalue weighted by Crippen LogP contribution is -2.40. The number of aromatic nitrogens is 1. The molecular formula is C30H37N3O2S. The first-order valence-electron chi connectivity index (χ1n) is 13.3. The van der Waals surface area contributed by atoms with Crippen molar-refractivity contribution in [3.8, 4) is 17.0 Å². The van der Waals surface area contributed by atoms with Crippen molar-refractivity contribution >= 4 is 22.4 Å². The summed E-state index contributed by atoms with van der Waals surface area (Å²) in [6.45, 7) is 9.98. The third kappa shape index (κ3) is 5.44. The molecule has 1 amide bonds. The molecule has 0 aliphatic carbocycles. The Bertz CT molecular complexity index is 1200. The van der Waals surface area contributed by atoms with Crippen molar-refractivity contribution in [2.75, 3.05) is 24.5 Å². The van der Waals surface area contributed by atoms with Crippen LogP contribution in [0.5, 0.6) is 5.75 Å². The standard InChI is InChI=1S/C30H37N3O2S/c1-21-13-16-33(23(3)17-21)30-31-27(20-36-30)26-9-5-6-10-28(26)35-19-25-12-11-24(18-22(25)2)29(34)32-14-7-4-8-15-32/h5-6,9-12,18,20-21,23H,4,7-8,13-17,19H2,1-3H3. The van der Waals surface area contributed by atoms with Gasteiger partial charge in [0, 0.05) is 42.2 Å². The van der Waals surface area contributed by atoms with E-state index in [1.54, 1.807) is 11.3 Å².